The molecule has 0 unspecified atom stereocenters. The molecule has 24 heavy (non-hydrogen) atoms. The smallest absolute Gasteiger partial charge is 0.243 e. The Morgan fingerprint density at radius 2 is 1.83 bits per heavy atom. The fourth-order valence-corrected chi connectivity index (χ4v) is 4.65. The van der Waals surface area contributed by atoms with Gasteiger partial charge in [0, 0.05) is 45.0 Å². The molecule has 0 spiro atoms. The van der Waals surface area contributed by atoms with Gasteiger partial charge in [-0.1, -0.05) is 6.07 Å². The van der Waals surface area contributed by atoms with E-state index in [1.54, 1.807) is 24.3 Å². The van der Waals surface area contributed by atoms with E-state index in [2.05, 4.69) is 15.5 Å². The quantitative estimate of drug-likeness (QED) is 0.797. The lowest BCUT2D eigenvalue weighted by atomic mass is 10.3. The van der Waals surface area contributed by atoms with Gasteiger partial charge in [0.2, 0.25) is 15.9 Å². The molecule has 2 fully saturated rings. The number of amides is 1. The predicted octanol–water partition coefficient (Wildman–Crippen LogP) is 0.315. The molecular weight excluding hydrogens is 328 g/mol. The Morgan fingerprint density at radius 1 is 1.12 bits per heavy atom. The molecule has 0 saturated carbocycles. The predicted molar refractivity (Wildman–Crippen MR) is 92.4 cm³/mol. The zero-order valence-corrected chi connectivity index (χ0v) is 14.5. The molecule has 0 aliphatic carbocycles. The molecule has 2 heterocycles. The fourth-order valence-electron chi connectivity index (χ4n) is 3.08. The number of nitrogens with zero attached hydrogens (tertiary/aromatic N) is 2. The third-order valence-corrected chi connectivity index (χ3v) is 6.29. The van der Waals surface area contributed by atoms with E-state index in [9.17, 15) is 13.2 Å². The van der Waals surface area contributed by atoms with Crippen LogP contribution in [0.3, 0.4) is 0 Å². The van der Waals surface area contributed by atoms with E-state index in [4.69, 9.17) is 0 Å². The Bertz CT molecular complexity index is 680. The van der Waals surface area contributed by atoms with Crippen molar-refractivity contribution in [1.29, 1.82) is 0 Å². The standard InChI is InChI=1S/C16H24N4O3S/c21-16(13-19-10-6-17-7-11-19)18-14-4-3-5-15(12-14)24(22,23)20-8-1-2-9-20/h3-5,12,17H,1-2,6-11,13H2,(H,18,21). The van der Waals surface area contributed by atoms with Crippen molar-refractivity contribution in [3.8, 4) is 0 Å². The Labute approximate surface area is 143 Å². The molecule has 0 atom stereocenters. The van der Waals surface area contributed by atoms with Gasteiger partial charge in [-0.3, -0.25) is 9.69 Å². The number of sulfonamides is 1. The summed E-state index contributed by atoms with van der Waals surface area (Å²) < 4.78 is 26.7. The highest BCUT2D eigenvalue weighted by atomic mass is 32.2. The van der Waals surface area contributed by atoms with E-state index in [0.29, 0.717) is 25.3 Å². The molecule has 0 bridgehead atoms. The van der Waals surface area contributed by atoms with Crippen LogP contribution in [0.5, 0.6) is 0 Å². The van der Waals surface area contributed by atoms with E-state index in [1.165, 1.54) is 4.31 Å². The van der Waals surface area contributed by atoms with Crippen molar-refractivity contribution in [2.75, 3.05) is 51.1 Å². The number of hydrogen-bond acceptors (Lipinski definition) is 5. The highest BCUT2D eigenvalue weighted by Gasteiger charge is 2.27. The van der Waals surface area contributed by atoms with E-state index in [-0.39, 0.29) is 10.8 Å². The van der Waals surface area contributed by atoms with Crippen LogP contribution < -0.4 is 10.6 Å². The molecule has 2 saturated heterocycles. The van der Waals surface area contributed by atoms with Crippen molar-refractivity contribution in [2.24, 2.45) is 0 Å². The number of carbonyl (C=O) groups is 1. The SMILES string of the molecule is O=C(CN1CCNCC1)Nc1cccc(S(=O)(=O)N2CCCC2)c1. The second-order valence-electron chi connectivity index (χ2n) is 6.21. The summed E-state index contributed by atoms with van der Waals surface area (Å²) >= 11 is 0. The third kappa shape index (κ3) is 4.13. The van der Waals surface area contributed by atoms with Gasteiger partial charge in [-0.25, -0.2) is 8.42 Å². The number of carbonyl (C=O) groups excluding carboxylic acids is 1. The number of piperazine rings is 1. The second kappa shape index (κ2) is 7.60. The minimum Gasteiger partial charge on any atom is -0.325 e. The van der Waals surface area contributed by atoms with Crippen LogP contribution in [0.4, 0.5) is 5.69 Å². The van der Waals surface area contributed by atoms with Crippen LogP contribution in [0.25, 0.3) is 0 Å². The molecule has 132 valence electrons. The van der Waals surface area contributed by atoms with Crippen LogP contribution >= 0.6 is 0 Å². The zero-order chi connectivity index (χ0) is 17.0. The summed E-state index contributed by atoms with van der Waals surface area (Å²) in [5, 5.41) is 6.05. The Morgan fingerprint density at radius 3 is 2.54 bits per heavy atom. The highest BCUT2D eigenvalue weighted by Crippen LogP contribution is 2.23. The minimum atomic E-state index is -3.46. The summed E-state index contributed by atoms with van der Waals surface area (Å²) in [5.74, 6) is -0.118. The molecule has 3 rings (SSSR count). The van der Waals surface area contributed by atoms with Crippen molar-refractivity contribution >= 4 is 21.6 Å². The molecule has 8 heteroatoms. The van der Waals surface area contributed by atoms with Gasteiger partial charge in [0.15, 0.2) is 0 Å². The average molecular weight is 352 g/mol. The summed E-state index contributed by atoms with van der Waals surface area (Å²) in [6, 6.07) is 6.52. The lowest BCUT2D eigenvalue weighted by molar-refractivity contribution is -0.117. The highest BCUT2D eigenvalue weighted by molar-refractivity contribution is 7.89. The Balaban J connectivity index is 1.65. The van der Waals surface area contributed by atoms with Gasteiger partial charge in [-0.05, 0) is 31.0 Å². The number of benzene rings is 1. The first kappa shape index (κ1) is 17.3. The fraction of sp³-hybridized carbons (Fsp3) is 0.562. The lowest BCUT2D eigenvalue weighted by Gasteiger charge is -2.26. The minimum absolute atomic E-state index is 0.118. The van der Waals surface area contributed by atoms with Crippen LogP contribution in [-0.4, -0.2) is 69.3 Å². The molecule has 1 aromatic rings. The van der Waals surface area contributed by atoms with Gasteiger partial charge in [0.25, 0.3) is 0 Å². The van der Waals surface area contributed by atoms with Crippen LogP contribution in [0.1, 0.15) is 12.8 Å². The molecule has 1 aromatic carbocycles. The van der Waals surface area contributed by atoms with Crippen LogP contribution in [0.15, 0.2) is 29.2 Å². The average Bonchev–Trinajstić information content (AvgIpc) is 3.11. The number of anilines is 1. The molecule has 7 nitrogen and oxygen atoms in total. The van der Waals surface area contributed by atoms with Crippen molar-refractivity contribution in [3.63, 3.8) is 0 Å². The van der Waals surface area contributed by atoms with Gasteiger partial charge < -0.3 is 10.6 Å². The maximum atomic E-state index is 12.6. The van der Waals surface area contributed by atoms with Crippen LogP contribution in [-0.2, 0) is 14.8 Å². The van der Waals surface area contributed by atoms with Crippen molar-refractivity contribution in [3.05, 3.63) is 24.3 Å². The van der Waals surface area contributed by atoms with Crippen LogP contribution in [0, 0.1) is 0 Å². The summed E-state index contributed by atoms with van der Waals surface area (Å²) in [6.07, 6.45) is 1.81. The van der Waals surface area contributed by atoms with Crippen molar-refractivity contribution in [1.82, 2.24) is 14.5 Å². The summed E-state index contributed by atoms with van der Waals surface area (Å²) in [7, 11) is -3.46. The van der Waals surface area contributed by atoms with E-state index < -0.39 is 10.0 Å². The maximum absolute atomic E-state index is 12.6. The zero-order valence-electron chi connectivity index (χ0n) is 13.7. The lowest BCUT2D eigenvalue weighted by Crippen LogP contribution is -2.46. The Hall–Kier alpha value is -1.48. The molecule has 2 N–H and O–H groups in total. The normalized spacial score (nSPS) is 20.2. The van der Waals surface area contributed by atoms with E-state index in [1.807, 2.05) is 0 Å². The maximum Gasteiger partial charge on any atom is 0.243 e. The van der Waals surface area contributed by atoms with Crippen molar-refractivity contribution in [2.45, 2.75) is 17.7 Å². The van der Waals surface area contributed by atoms with E-state index >= 15 is 0 Å². The first-order valence-corrected chi connectivity index (χ1v) is 9.83. The first-order chi connectivity index (χ1) is 11.6. The van der Waals surface area contributed by atoms with Gasteiger partial charge in [0.1, 0.15) is 0 Å². The number of nitrogens with one attached hydrogen (secondary N) is 2. The summed E-state index contributed by atoms with van der Waals surface area (Å²) in [6.45, 7) is 4.93. The van der Waals surface area contributed by atoms with Gasteiger partial charge in [-0.15, -0.1) is 0 Å². The molecule has 0 radical (unpaired) electrons. The monoisotopic (exact) mass is 352 g/mol. The molecule has 0 aromatic heterocycles. The topological polar surface area (TPSA) is 81.8 Å². The summed E-state index contributed by atoms with van der Waals surface area (Å²) in [4.78, 5) is 14.5. The number of hydrogen-bond donors (Lipinski definition) is 2. The Kier molecular flexibility index (Phi) is 5.50. The third-order valence-electron chi connectivity index (χ3n) is 4.40. The first-order valence-electron chi connectivity index (χ1n) is 8.39. The molecular formula is C16H24N4O3S. The van der Waals surface area contributed by atoms with Crippen LogP contribution in [0.2, 0.25) is 0 Å². The molecule has 1 amide bonds. The number of rotatable bonds is 5. The molecule has 2 aliphatic rings. The second-order valence-corrected chi connectivity index (χ2v) is 8.15. The summed E-state index contributed by atoms with van der Waals surface area (Å²) in [5.41, 5.74) is 0.524. The van der Waals surface area contributed by atoms with Crippen molar-refractivity contribution < 1.29 is 13.2 Å². The largest absolute Gasteiger partial charge is 0.325 e. The van der Waals surface area contributed by atoms with Gasteiger partial charge >= 0.3 is 0 Å². The molecule has 2 aliphatic heterocycles. The van der Waals surface area contributed by atoms with E-state index in [0.717, 1.165) is 39.0 Å². The van der Waals surface area contributed by atoms with Gasteiger partial charge in [-0.2, -0.15) is 4.31 Å². The van der Waals surface area contributed by atoms with Gasteiger partial charge in [0.05, 0.1) is 11.4 Å².